The fourth-order valence-corrected chi connectivity index (χ4v) is 1.84. The fourth-order valence-electron chi connectivity index (χ4n) is 1.84. The first-order chi connectivity index (χ1) is 8.65. The van der Waals surface area contributed by atoms with Crippen molar-refractivity contribution in [2.24, 2.45) is 0 Å². The molecule has 1 saturated carbocycles. The van der Waals surface area contributed by atoms with Crippen LogP contribution in [0.4, 0.5) is 0 Å². The lowest BCUT2D eigenvalue weighted by Gasteiger charge is -2.27. The Hall–Kier alpha value is -1.25. The first-order valence-corrected chi connectivity index (χ1v) is 7.01. The molecule has 0 atom stereocenters. The van der Waals surface area contributed by atoms with Crippen molar-refractivity contribution in [1.82, 2.24) is 4.98 Å². The zero-order chi connectivity index (χ0) is 14.3. The molecule has 1 fully saturated rings. The molecule has 0 amide bonds. The van der Waals surface area contributed by atoms with E-state index in [2.05, 4.69) is 25.8 Å². The molecule has 1 aromatic heterocycles. The maximum absolute atomic E-state index is 6.06. The number of hydrogen-bond donors (Lipinski definition) is 0. The Kier molecular flexibility index (Phi) is 3.50. The molecule has 2 rings (SSSR count). The predicted octanol–water partition coefficient (Wildman–Crippen LogP) is 4.10. The zero-order valence-electron chi connectivity index (χ0n) is 12.9. The number of pyridine rings is 1. The molecule has 0 aliphatic heterocycles. The SMILES string of the molecule is CC(C)(C)Oc1cc(OC2CC2)cnc1C(C)(C)C. The molecule has 0 aromatic carbocycles. The Morgan fingerprint density at radius 1 is 1.11 bits per heavy atom. The molecule has 0 unspecified atom stereocenters. The first kappa shape index (κ1) is 14.2. The van der Waals surface area contributed by atoms with Gasteiger partial charge in [0.1, 0.15) is 17.1 Å². The van der Waals surface area contributed by atoms with Crippen LogP contribution in [-0.4, -0.2) is 16.7 Å². The third-order valence-electron chi connectivity index (χ3n) is 2.78. The van der Waals surface area contributed by atoms with Gasteiger partial charge in [0.2, 0.25) is 0 Å². The number of ether oxygens (including phenoxy) is 2. The number of hydrogen-bond acceptors (Lipinski definition) is 3. The maximum atomic E-state index is 6.06. The molecule has 0 saturated heterocycles. The normalized spacial score (nSPS) is 16.3. The molecule has 1 heterocycles. The lowest BCUT2D eigenvalue weighted by molar-refractivity contribution is 0.126. The van der Waals surface area contributed by atoms with E-state index in [0.717, 1.165) is 30.0 Å². The molecule has 1 aliphatic rings. The van der Waals surface area contributed by atoms with Gasteiger partial charge in [0.15, 0.2) is 0 Å². The van der Waals surface area contributed by atoms with Gasteiger partial charge < -0.3 is 9.47 Å². The second-order valence-electron chi connectivity index (χ2n) is 7.30. The van der Waals surface area contributed by atoms with Crippen molar-refractivity contribution >= 4 is 0 Å². The van der Waals surface area contributed by atoms with E-state index in [-0.39, 0.29) is 11.0 Å². The smallest absolute Gasteiger partial charge is 0.145 e. The highest BCUT2D eigenvalue weighted by Gasteiger charge is 2.27. The first-order valence-electron chi connectivity index (χ1n) is 7.01. The number of rotatable bonds is 3. The summed E-state index contributed by atoms with van der Waals surface area (Å²) in [5.74, 6) is 1.65. The lowest BCUT2D eigenvalue weighted by Crippen LogP contribution is -2.26. The maximum Gasteiger partial charge on any atom is 0.145 e. The van der Waals surface area contributed by atoms with Crippen LogP contribution in [0.1, 0.15) is 60.1 Å². The third-order valence-corrected chi connectivity index (χ3v) is 2.78. The Labute approximate surface area is 116 Å². The van der Waals surface area contributed by atoms with Crippen molar-refractivity contribution in [3.63, 3.8) is 0 Å². The summed E-state index contributed by atoms with van der Waals surface area (Å²) in [5, 5.41) is 0. The summed E-state index contributed by atoms with van der Waals surface area (Å²) in [6.07, 6.45) is 4.49. The van der Waals surface area contributed by atoms with E-state index >= 15 is 0 Å². The minimum absolute atomic E-state index is 0.0430. The summed E-state index contributed by atoms with van der Waals surface area (Å²) >= 11 is 0. The van der Waals surface area contributed by atoms with Crippen LogP contribution in [0, 0.1) is 0 Å². The molecule has 1 aromatic rings. The van der Waals surface area contributed by atoms with E-state index in [1.165, 1.54) is 0 Å². The molecule has 0 bridgehead atoms. The van der Waals surface area contributed by atoms with Gasteiger partial charge in [0.05, 0.1) is 18.0 Å². The molecule has 3 nitrogen and oxygen atoms in total. The van der Waals surface area contributed by atoms with Crippen molar-refractivity contribution in [2.45, 2.75) is 71.5 Å². The standard InChI is InChI=1S/C16H25NO2/c1-15(2,3)14-13(19-16(4,5)6)9-12(10-17-14)18-11-7-8-11/h9-11H,7-8H2,1-6H3. The second-order valence-corrected chi connectivity index (χ2v) is 7.30. The van der Waals surface area contributed by atoms with Gasteiger partial charge in [-0.15, -0.1) is 0 Å². The Balaban J connectivity index is 2.31. The van der Waals surface area contributed by atoms with Crippen LogP contribution in [0.2, 0.25) is 0 Å². The summed E-state index contributed by atoms with van der Waals surface area (Å²) in [6, 6.07) is 1.98. The summed E-state index contributed by atoms with van der Waals surface area (Å²) in [4.78, 5) is 4.56. The predicted molar refractivity (Wildman–Crippen MR) is 77.0 cm³/mol. The highest BCUT2D eigenvalue weighted by molar-refractivity contribution is 5.39. The van der Waals surface area contributed by atoms with Gasteiger partial charge >= 0.3 is 0 Å². The molecule has 3 heteroatoms. The van der Waals surface area contributed by atoms with Crippen molar-refractivity contribution in [3.05, 3.63) is 18.0 Å². The van der Waals surface area contributed by atoms with Gasteiger partial charge in [-0.3, -0.25) is 4.98 Å². The van der Waals surface area contributed by atoms with E-state index in [4.69, 9.17) is 9.47 Å². The van der Waals surface area contributed by atoms with Crippen molar-refractivity contribution in [1.29, 1.82) is 0 Å². The van der Waals surface area contributed by atoms with Gasteiger partial charge in [-0.2, -0.15) is 0 Å². The van der Waals surface area contributed by atoms with Crippen LogP contribution in [0.3, 0.4) is 0 Å². The van der Waals surface area contributed by atoms with Crippen molar-refractivity contribution in [2.75, 3.05) is 0 Å². The topological polar surface area (TPSA) is 31.4 Å². The van der Waals surface area contributed by atoms with Crippen LogP contribution in [0.5, 0.6) is 11.5 Å². The number of aromatic nitrogens is 1. The Morgan fingerprint density at radius 3 is 2.21 bits per heavy atom. The van der Waals surface area contributed by atoms with Crippen LogP contribution in [0.15, 0.2) is 12.3 Å². The van der Waals surface area contributed by atoms with Crippen LogP contribution in [0.25, 0.3) is 0 Å². The fraction of sp³-hybridized carbons (Fsp3) is 0.688. The van der Waals surface area contributed by atoms with Crippen LogP contribution >= 0.6 is 0 Å². The van der Waals surface area contributed by atoms with Crippen molar-refractivity contribution < 1.29 is 9.47 Å². The monoisotopic (exact) mass is 263 g/mol. The van der Waals surface area contributed by atoms with Gasteiger partial charge in [0, 0.05) is 11.5 Å². The van der Waals surface area contributed by atoms with Gasteiger partial charge in [-0.25, -0.2) is 0 Å². The zero-order valence-corrected chi connectivity index (χ0v) is 12.9. The molecule has 106 valence electrons. The van der Waals surface area contributed by atoms with Gasteiger partial charge in [-0.1, -0.05) is 20.8 Å². The van der Waals surface area contributed by atoms with Crippen molar-refractivity contribution in [3.8, 4) is 11.5 Å². The van der Waals surface area contributed by atoms with E-state index in [9.17, 15) is 0 Å². The van der Waals surface area contributed by atoms with Gasteiger partial charge in [0.25, 0.3) is 0 Å². The molecule has 0 radical (unpaired) electrons. The molecule has 0 N–H and O–H groups in total. The van der Waals surface area contributed by atoms with E-state index in [1.807, 2.05) is 33.0 Å². The highest BCUT2D eigenvalue weighted by Crippen LogP contribution is 2.35. The molecule has 0 spiro atoms. The summed E-state index contributed by atoms with van der Waals surface area (Å²) in [5.41, 5.74) is 0.698. The van der Waals surface area contributed by atoms with E-state index < -0.39 is 0 Å². The van der Waals surface area contributed by atoms with E-state index in [0.29, 0.717) is 6.10 Å². The van der Waals surface area contributed by atoms with Crippen LogP contribution < -0.4 is 9.47 Å². The lowest BCUT2D eigenvalue weighted by atomic mass is 9.91. The van der Waals surface area contributed by atoms with Gasteiger partial charge in [-0.05, 0) is 33.6 Å². The number of nitrogens with zero attached hydrogens (tertiary/aromatic N) is 1. The minimum Gasteiger partial charge on any atom is -0.489 e. The third kappa shape index (κ3) is 4.12. The minimum atomic E-state index is -0.236. The molecule has 1 aliphatic carbocycles. The average molecular weight is 263 g/mol. The van der Waals surface area contributed by atoms with Crippen LogP contribution in [-0.2, 0) is 5.41 Å². The average Bonchev–Trinajstić information content (AvgIpc) is 2.97. The summed E-state index contributed by atoms with van der Waals surface area (Å²) in [7, 11) is 0. The molecular weight excluding hydrogens is 238 g/mol. The Morgan fingerprint density at radius 2 is 1.74 bits per heavy atom. The largest absolute Gasteiger partial charge is 0.489 e. The Bertz CT molecular complexity index is 451. The second kappa shape index (κ2) is 4.69. The van der Waals surface area contributed by atoms with E-state index in [1.54, 1.807) is 0 Å². The highest BCUT2D eigenvalue weighted by atomic mass is 16.5. The summed E-state index contributed by atoms with van der Waals surface area (Å²) in [6.45, 7) is 12.6. The quantitative estimate of drug-likeness (QED) is 0.822. The molecular formula is C16H25NO2. The summed E-state index contributed by atoms with van der Waals surface area (Å²) < 4.78 is 11.9. The molecule has 19 heavy (non-hydrogen) atoms.